The number of carbonyl (C=O) groups is 1. The van der Waals surface area contributed by atoms with Gasteiger partial charge in [-0.25, -0.2) is 4.98 Å². The van der Waals surface area contributed by atoms with Crippen LogP contribution in [0.15, 0.2) is 29.4 Å². The van der Waals surface area contributed by atoms with Crippen LogP contribution in [0.3, 0.4) is 0 Å². The molecule has 0 aliphatic heterocycles. The van der Waals surface area contributed by atoms with Gasteiger partial charge in [0.1, 0.15) is 11.5 Å². The second-order valence-electron chi connectivity index (χ2n) is 7.78. The van der Waals surface area contributed by atoms with E-state index in [4.69, 9.17) is 9.47 Å². The molecule has 1 N–H and O–H groups in total. The molecule has 3 rings (SSSR count). The Morgan fingerprint density at radius 2 is 1.84 bits per heavy atom. The summed E-state index contributed by atoms with van der Waals surface area (Å²) in [7, 11) is 1.63. The summed E-state index contributed by atoms with van der Waals surface area (Å²) in [5.41, 5.74) is 0.935. The number of hydrogen-bond donors (Lipinski definition) is 1. The molecule has 0 bridgehead atoms. The molecule has 0 radical (unpaired) electrons. The van der Waals surface area contributed by atoms with Crippen molar-refractivity contribution in [2.24, 2.45) is 5.92 Å². The minimum absolute atomic E-state index is 0.119. The highest BCUT2D eigenvalue weighted by molar-refractivity contribution is 7.99. The second kappa shape index (κ2) is 10.8. The van der Waals surface area contributed by atoms with Crippen LogP contribution >= 0.6 is 23.1 Å². The first kappa shape index (κ1) is 24.1. The van der Waals surface area contributed by atoms with E-state index in [1.54, 1.807) is 7.11 Å². The fourth-order valence-electron chi connectivity index (χ4n) is 2.97. The molecule has 8 nitrogen and oxygen atoms in total. The number of aryl methyl sites for hydroxylation is 2. The normalized spacial score (nSPS) is 12.1. The van der Waals surface area contributed by atoms with Crippen LogP contribution in [0.25, 0.3) is 0 Å². The molecule has 1 aromatic carbocycles. The summed E-state index contributed by atoms with van der Waals surface area (Å²) >= 11 is 2.84. The lowest BCUT2D eigenvalue weighted by Crippen LogP contribution is -2.17. The van der Waals surface area contributed by atoms with Crippen molar-refractivity contribution in [1.82, 2.24) is 19.7 Å². The maximum absolute atomic E-state index is 12.4. The van der Waals surface area contributed by atoms with Gasteiger partial charge in [0.15, 0.2) is 22.2 Å². The van der Waals surface area contributed by atoms with Crippen molar-refractivity contribution in [1.29, 1.82) is 0 Å². The van der Waals surface area contributed by atoms with E-state index < -0.39 is 0 Å². The summed E-state index contributed by atoms with van der Waals surface area (Å²) in [5.74, 6) is 2.71. The molecule has 1 atom stereocenters. The number of thioether (sulfide) groups is 1. The molecule has 0 fully saturated rings. The highest BCUT2D eigenvalue weighted by atomic mass is 32.2. The second-order valence-corrected chi connectivity index (χ2v) is 9.92. The molecule has 2 aromatic heterocycles. The average Bonchev–Trinajstić information content (AvgIpc) is 3.28. The Bertz CT molecular complexity index is 1030. The van der Waals surface area contributed by atoms with Crippen molar-refractivity contribution in [3.05, 3.63) is 40.7 Å². The van der Waals surface area contributed by atoms with Gasteiger partial charge in [-0.2, -0.15) is 0 Å². The number of carbonyl (C=O) groups excluding carboxylic acids is 1. The number of methoxy groups -OCH3 is 1. The predicted molar refractivity (Wildman–Crippen MR) is 128 cm³/mol. The zero-order valence-corrected chi connectivity index (χ0v) is 20.8. The number of aromatic nitrogens is 4. The third-order valence-corrected chi connectivity index (χ3v) is 6.59. The zero-order chi connectivity index (χ0) is 23.3. The smallest absolute Gasteiger partial charge is 0.236 e. The molecule has 1 amide bonds. The first-order valence-electron chi connectivity index (χ1n) is 10.4. The number of nitrogens with zero attached hydrogens (tertiary/aromatic N) is 4. The van der Waals surface area contributed by atoms with Crippen LogP contribution < -0.4 is 14.8 Å². The quantitative estimate of drug-likeness (QED) is 0.418. The predicted octanol–water partition coefficient (Wildman–Crippen LogP) is 4.89. The van der Waals surface area contributed by atoms with Gasteiger partial charge in [0.05, 0.1) is 18.6 Å². The molecule has 0 aliphatic carbocycles. The van der Waals surface area contributed by atoms with E-state index in [-0.39, 0.29) is 17.8 Å². The topological polar surface area (TPSA) is 91.2 Å². The van der Waals surface area contributed by atoms with Gasteiger partial charge in [-0.05, 0) is 51.0 Å². The number of nitrogens with one attached hydrogen (secondary N) is 1. The van der Waals surface area contributed by atoms with Gasteiger partial charge in [0.25, 0.3) is 0 Å². The number of benzene rings is 1. The van der Waals surface area contributed by atoms with Crippen molar-refractivity contribution in [2.75, 3.05) is 18.2 Å². The van der Waals surface area contributed by atoms with Crippen LogP contribution in [0.4, 0.5) is 5.13 Å². The van der Waals surface area contributed by atoms with Gasteiger partial charge in [-0.15, -0.1) is 21.5 Å². The zero-order valence-electron chi connectivity index (χ0n) is 19.2. The van der Waals surface area contributed by atoms with Gasteiger partial charge < -0.3 is 19.4 Å². The lowest BCUT2D eigenvalue weighted by atomic mass is 10.2. The summed E-state index contributed by atoms with van der Waals surface area (Å²) in [6.07, 6.45) is -0.306. The first-order valence-corrected chi connectivity index (χ1v) is 12.2. The fraction of sp³-hybridized carbons (Fsp3) is 0.455. The van der Waals surface area contributed by atoms with E-state index in [1.807, 2.05) is 49.6 Å². The summed E-state index contributed by atoms with van der Waals surface area (Å²) in [5, 5.41) is 12.9. The molecule has 32 heavy (non-hydrogen) atoms. The number of amides is 1. The number of hydrogen-bond acceptors (Lipinski definition) is 8. The van der Waals surface area contributed by atoms with Crippen molar-refractivity contribution < 1.29 is 14.3 Å². The van der Waals surface area contributed by atoms with E-state index in [1.165, 1.54) is 23.1 Å². The third-order valence-electron chi connectivity index (χ3n) is 4.64. The molecule has 3 aromatic rings. The monoisotopic (exact) mass is 475 g/mol. The van der Waals surface area contributed by atoms with Gasteiger partial charge in [0.2, 0.25) is 5.91 Å². The van der Waals surface area contributed by atoms with E-state index >= 15 is 0 Å². The van der Waals surface area contributed by atoms with Crippen molar-refractivity contribution in [3.63, 3.8) is 0 Å². The van der Waals surface area contributed by atoms with Crippen LogP contribution in [0.1, 0.15) is 43.3 Å². The number of thiazole rings is 1. The lowest BCUT2D eigenvalue weighted by molar-refractivity contribution is -0.113. The van der Waals surface area contributed by atoms with E-state index in [0.29, 0.717) is 16.2 Å². The third kappa shape index (κ3) is 6.23. The molecule has 0 saturated carbocycles. The highest BCUT2D eigenvalue weighted by Gasteiger charge is 2.21. The Morgan fingerprint density at radius 3 is 2.44 bits per heavy atom. The van der Waals surface area contributed by atoms with Gasteiger partial charge >= 0.3 is 0 Å². The first-order chi connectivity index (χ1) is 15.3. The maximum atomic E-state index is 12.4. The summed E-state index contributed by atoms with van der Waals surface area (Å²) in [6.45, 7) is 10.9. The van der Waals surface area contributed by atoms with Gasteiger partial charge in [-0.1, -0.05) is 25.6 Å². The standard InChI is InChI=1S/C22H29N5O3S2/c1-13(2)11-27-20(15(4)30-18-9-7-17(29-6)8-10-18)25-26-22(27)31-12-19(28)24-21-23-14(3)16(5)32-21/h7-10,13,15H,11-12H2,1-6H3,(H,23,24,28). The highest BCUT2D eigenvalue weighted by Crippen LogP contribution is 2.27. The molecule has 2 heterocycles. The van der Waals surface area contributed by atoms with Gasteiger partial charge in [-0.3, -0.25) is 4.79 Å². The molecule has 1 unspecified atom stereocenters. The van der Waals surface area contributed by atoms with E-state index in [9.17, 15) is 4.79 Å². The minimum Gasteiger partial charge on any atom is -0.497 e. The van der Waals surface area contributed by atoms with Crippen molar-refractivity contribution >= 4 is 34.1 Å². The van der Waals surface area contributed by atoms with E-state index in [2.05, 4.69) is 34.3 Å². The number of rotatable bonds is 10. The van der Waals surface area contributed by atoms with Crippen LogP contribution in [0.5, 0.6) is 11.5 Å². The van der Waals surface area contributed by atoms with Crippen LogP contribution in [0.2, 0.25) is 0 Å². The Balaban J connectivity index is 1.68. The van der Waals surface area contributed by atoms with Crippen molar-refractivity contribution in [3.8, 4) is 11.5 Å². The molecular weight excluding hydrogens is 446 g/mol. The molecule has 0 saturated heterocycles. The molecule has 172 valence electrons. The fourth-order valence-corrected chi connectivity index (χ4v) is 4.55. The maximum Gasteiger partial charge on any atom is 0.236 e. The summed E-state index contributed by atoms with van der Waals surface area (Å²) in [4.78, 5) is 17.9. The Hall–Kier alpha value is -2.59. The molecule has 0 aliphatic rings. The summed E-state index contributed by atoms with van der Waals surface area (Å²) in [6, 6.07) is 7.43. The van der Waals surface area contributed by atoms with Crippen molar-refractivity contribution in [2.45, 2.75) is 52.4 Å². The van der Waals surface area contributed by atoms with Crippen LogP contribution in [-0.4, -0.2) is 38.5 Å². The molecule has 0 spiro atoms. The van der Waals surface area contributed by atoms with Gasteiger partial charge in [0, 0.05) is 11.4 Å². The number of ether oxygens (including phenoxy) is 2. The average molecular weight is 476 g/mol. The Labute approximate surface area is 196 Å². The SMILES string of the molecule is COc1ccc(OC(C)c2nnc(SCC(=O)Nc3nc(C)c(C)s3)n2CC(C)C)cc1. The molecular formula is C22H29N5O3S2. The van der Waals surface area contributed by atoms with E-state index in [0.717, 1.165) is 34.4 Å². The number of anilines is 1. The van der Waals surface area contributed by atoms with Crippen LogP contribution in [0, 0.1) is 19.8 Å². The lowest BCUT2D eigenvalue weighted by Gasteiger charge is -2.18. The minimum atomic E-state index is -0.306. The largest absolute Gasteiger partial charge is 0.497 e. The Kier molecular flexibility index (Phi) is 8.14. The Morgan fingerprint density at radius 1 is 1.16 bits per heavy atom. The summed E-state index contributed by atoms with van der Waals surface area (Å²) < 4.78 is 13.3. The molecule has 10 heteroatoms. The van der Waals surface area contributed by atoms with Crippen LogP contribution in [-0.2, 0) is 11.3 Å².